The van der Waals surface area contributed by atoms with Gasteiger partial charge in [0.1, 0.15) is 0 Å². The van der Waals surface area contributed by atoms with E-state index in [4.69, 9.17) is 4.99 Å². The Hall–Kier alpha value is -2.15. The Labute approximate surface area is 145 Å². The van der Waals surface area contributed by atoms with Crippen LogP contribution in [-0.2, 0) is 0 Å². The summed E-state index contributed by atoms with van der Waals surface area (Å²) in [6.45, 7) is 9.83. The molecule has 3 rings (SSSR count). The van der Waals surface area contributed by atoms with E-state index in [1.54, 1.807) is 0 Å². The summed E-state index contributed by atoms with van der Waals surface area (Å²) in [5, 5.41) is 2.59. The highest BCUT2D eigenvalue weighted by molar-refractivity contribution is 6.01. The van der Waals surface area contributed by atoms with E-state index in [-0.39, 0.29) is 0 Å². The zero-order valence-electron chi connectivity index (χ0n) is 15.3. The lowest BCUT2D eigenvalue weighted by Gasteiger charge is -2.16. The van der Waals surface area contributed by atoms with Gasteiger partial charge in [-0.2, -0.15) is 0 Å². The van der Waals surface area contributed by atoms with Crippen LogP contribution in [0.3, 0.4) is 0 Å². The van der Waals surface area contributed by atoms with Crippen molar-refractivity contribution in [1.29, 1.82) is 0 Å². The first-order chi connectivity index (χ1) is 11.6. The van der Waals surface area contributed by atoms with E-state index >= 15 is 0 Å². The molecule has 1 atom stereocenters. The molecule has 0 spiro atoms. The molecule has 1 nitrogen and oxygen atoms in total. The molecule has 0 radical (unpaired) electrons. The summed E-state index contributed by atoms with van der Waals surface area (Å²) in [6.07, 6.45) is 6.85. The average Bonchev–Trinajstić information content (AvgIpc) is 2.86. The van der Waals surface area contributed by atoms with Gasteiger partial charge in [0.2, 0.25) is 0 Å². The van der Waals surface area contributed by atoms with E-state index in [0.29, 0.717) is 5.92 Å². The highest BCUT2D eigenvalue weighted by Gasteiger charge is 2.22. The SMILES string of the molecule is CCCCN=Cc1c(C2C=C(C)C(C)=C2C)ccc2ccccc12. The van der Waals surface area contributed by atoms with Crippen LogP contribution in [0.4, 0.5) is 0 Å². The van der Waals surface area contributed by atoms with E-state index in [1.165, 1.54) is 45.0 Å². The molecule has 1 heteroatoms. The van der Waals surface area contributed by atoms with Gasteiger partial charge in [0.15, 0.2) is 0 Å². The van der Waals surface area contributed by atoms with Crippen LogP contribution < -0.4 is 0 Å². The summed E-state index contributed by atoms with van der Waals surface area (Å²) in [4.78, 5) is 4.71. The van der Waals surface area contributed by atoms with Gasteiger partial charge in [-0.25, -0.2) is 0 Å². The topological polar surface area (TPSA) is 12.4 Å². The number of nitrogens with zero attached hydrogens (tertiary/aromatic N) is 1. The van der Waals surface area contributed by atoms with Crippen molar-refractivity contribution in [3.8, 4) is 0 Å². The number of unbranched alkanes of at least 4 members (excludes halogenated alkanes) is 1. The number of hydrogen-bond acceptors (Lipinski definition) is 1. The third-order valence-corrected chi connectivity index (χ3v) is 5.27. The zero-order chi connectivity index (χ0) is 17.1. The van der Waals surface area contributed by atoms with Gasteiger partial charge < -0.3 is 0 Å². The van der Waals surface area contributed by atoms with Gasteiger partial charge in [0.05, 0.1) is 0 Å². The van der Waals surface area contributed by atoms with Crippen molar-refractivity contribution < 1.29 is 0 Å². The third-order valence-electron chi connectivity index (χ3n) is 5.27. The fraction of sp³-hybridized carbons (Fsp3) is 0.348. The minimum Gasteiger partial charge on any atom is -0.293 e. The van der Waals surface area contributed by atoms with Crippen molar-refractivity contribution in [3.63, 3.8) is 0 Å². The first-order valence-electron chi connectivity index (χ1n) is 9.01. The highest BCUT2D eigenvalue weighted by Crippen LogP contribution is 2.40. The molecule has 1 aliphatic rings. The second-order valence-electron chi connectivity index (χ2n) is 6.81. The number of aliphatic imine (C=N–C) groups is 1. The van der Waals surface area contributed by atoms with Crippen molar-refractivity contribution in [2.75, 3.05) is 6.54 Å². The molecule has 0 N–H and O–H groups in total. The molecule has 2 aromatic rings. The molecule has 0 bridgehead atoms. The first-order valence-corrected chi connectivity index (χ1v) is 9.01. The third kappa shape index (κ3) is 3.08. The van der Waals surface area contributed by atoms with E-state index < -0.39 is 0 Å². The summed E-state index contributed by atoms with van der Waals surface area (Å²) in [7, 11) is 0. The van der Waals surface area contributed by atoms with Crippen LogP contribution in [0.15, 0.2) is 64.2 Å². The summed E-state index contributed by atoms with van der Waals surface area (Å²) >= 11 is 0. The fourth-order valence-electron chi connectivity index (χ4n) is 3.50. The molecule has 2 aromatic carbocycles. The van der Waals surface area contributed by atoms with Crippen LogP contribution >= 0.6 is 0 Å². The van der Waals surface area contributed by atoms with E-state index in [9.17, 15) is 0 Å². The van der Waals surface area contributed by atoms with Crippen LogP contribution in [0.2, 0.25) is 0 Å². The van der Waals surface area contributed by atoms with Crippen molar-refractivity contribution in [2.45, 2.75) is 46.5 Å². The molecule has 0 saturated heterocycles. The largest absolute Gasteiger partial charge is 0.293 e. The number of benzene rings is 2. The van der Waals surface area contributed by atoms with Gasteiger partial charge in [-0.1, -0.05) is 67.0 Å². The number of allylic oxidation sites excluding steroid dienone is 4. The van der Waals surface area contributed by atoms with Gasteiger partial charge in [0.25, 0.3) is 0 Å². The molecule has 124 valence electrons. The van der Waals surface area contributed by atoms with Crippen LogP contribution in [-0.4, -0.2) is 12.8 Å². The van der Waals surface area contributed by atoms with E-state index in [2.05, 4.69) is 76.4 Å². The normalized spacial score (nSPS) is 18.0. The molecule has 0 amide bonds. The Morgan fingerprint density at radius 3 is 2.54 bits per heavy atom. The standard InChI is InChI=1S/C23H27N/c1-5-6-13-24-15-23-20-10-8-7-9-19(20)11-12-21(23)22-14-16(2)17(3)18(22)4/h7-12,14-15,22H,5-6,13H2,1-4H3. The second-order valence-corrected chi connectivity index (χ2v) is 6.81. The van der Waals surface area contributed by atoms with Crippen LogP contribution in [0.1, 0.15) is 57.6 Å². The lowest BCUT2D eigenvalue weighted by atomic mass is 9.87. The van der Waals surface area contributed by atoms with Gasteiger partial charge in [-0.3, -0.25) is 4.99 Å². The lowest BCUT2D eigenvalue weighted by molar-refractivity contribution is 0.810. The molecular formula is C23H27N. The predicted molar refractivity (Wildman–Crippen MR) is 106 cm³/mol. The maximum absolute atomic E-state index is 4.71. The van der Waals surface area contributed by atoms with Crippen molar-refractivity contribution in [1.82, 2.24) is 0 Å². The van der Waals surface area contributed by atoms with Gasteiger partial charge in [-0.05, 0) is 49.1 Å². The maximum atomic E-state index is 4.71. The Morgan fingerprint density at radius 1 is 1.04 bits per heavy atom. The maximum Gasteiger partial charge on any atom is 0.0389 e. The summed E-state index contributed by atoms with van der Waals surface area (Å²) in [5.74, 6) is 0.377. The van der Waals surface area contributed by atoms with Crippen LogP contribution in [0.25, 0.3) is 10.8 Å². The number of fused-ring (bicyclic) bond motifs is 1. The fourth-order valence-corrected chi connectivity index (χ4v) is 3.50. The summed E-state index contributed by atoms with van der Waals surface area (Å²) < 4.78 is 0. The molecule has 0 aromatic heterocycles. The van der Waals surface area contributed by atoms with Gasteiger partial charge in [-0.15, -0.1) is 0 Å². The zero-order valence-corrected chi connectivity index (χ0v) is 15.3. The number of hydrogen-bond donors (Lipinski definition) is 0. The minimum absolute atomic E-state index is 0.377. The molecule has 0 aliphatic heterocycles. The average molecular weight is 317 g/mol. The summed E-state index contributed by atoms with van der Waals surface area (Å²) in [6, 6.07) is 13.2. The predicted octanol–water partition coefficient (Wildman–Crippen LogP) is 6.44. The van der Waals surface area contributed by atoms with E-state index in [0.717, 1.165) is 13.0 Å². The Kier molecular flexibility index (Phi) is 4.99. The van der Waals surface area contributed by atoms with Crippen molar-refractivity contribution in [3.05, 3.63) is 70.3 Å². The van der Waals surface area contributed by atoms with E-state index in [1.807, 2.05) is 0 Å². The second kappa shape index (κ2) is 7.17. The highest BCUT2D eigenvalue weighted by atomic mass is 14.7. The Bertz CT molecular complexity index is 836. The Morgan fingerprint density at radius 2 is 1.83 bits per heavy atom. The smallest absolute Gasteiger partial charge is 0.0389 e. The lowest BCUT2D eigenvalue weighted by Crippen LogP contribution is -2.02. The molecule has 1 unspecified atom stereocenters. The van der Waals surface area contributed by atoms with Crippen LogP contribution in [0.5, 0.6) is 0 Å². The molecule has 24 heavy (non-hydrogen) atoms. The molecule has 0 heterocycles. The quantitative estimate of drug-likeness (QED) is 0.444. The van der Waals surface area contributed by atoms with Crippen molar-refractivity contribution in [2.24, 2.45) is 4.99 Å². The monoisotopic (exact) mass is 317 g/mol. The van der Waals surface area contributed by atoms with Gasteiger partial charge in [0, 0.05) is 24.2 Å². The first kappa shape index (κ1) is 16.7. The van der Waals surface area contributed by atoms with Gasteiger partial charge >= 0.3 is 0 Å². The molecule has 0 fully saturated rings. The minimum atomic E-state index is 0.377. The number of rotatable bonds is 5. The van der Waals surface area contributed by atoms with Crippen molar-refractivity contribution >= 4 is 17.0 Å². The molecule has 1 aliphatic carbocycles. The molecule has 0 saturated carbocycles. The van der Waals surface area contributed by atoms with Crippen LogP contribution in [0, 0.1) is 0 Å². The summed E-state index contributed by atoms with van der Waals surface area (Å²) in [5.41, 5.74) is 6.96. The Balaban J connectivity index is 2.12. The molecular weight excluding hydrogens is 290 g/mol.